The van der Waals surface area contributed by atoms with E-state index in [1.165, 1.54) is 12.3 Å². The summed E-state index contributed by atoms with van der Waals surface area (Å²) in [6.45, 7) is 8.29. The topological polar surface area (TPSA) is 51.2 Å². The lowest BCUT2D eigenvalue weighted by Gasteiger charge is -2.08. The van der Waals surface area contributed by atoms with E-state index in [0.29, 0.717) is 11.6 Å². The highest BCUT2D eigenvalue weighted by Crippen LogP contribution is 2.68. The Kier molecular flexibility index (Phi) is 4.01. The number of ether oxygens (including phenoxy) is 1. The smallest absolute Gasteiger partial charge is 0.229 e. The lowest BCUT2D eigenvalue weighted by atomic mass is 10.0. The maximum absolute atomic E-state index is 13.2. The summed E-state index contributed by atoms with van der Waals surface area (Å²) in [5.41, 5.74) is -0.0976. The van der Waals surface area contributed by atoms with Crippen molar-refractivity contribution >= 4 is 11.7 Å². The highest BCUT2D eigenvalue weighted by molar-refractivity contribution is 5.95. The normalized spacial score (nSPS) is 17.8. The van der Waals surface area contributed by atoms with Gasteiger partial charge in [0, 0.05) is 12.0 Å². The maximum atomic E-state index is 13.2. The zero-order valence-corrected chi connectivity index (χ0v) is 14.6. The number of hydrogen-bond donors (Lipinski definition) is 1. The third-order valence-electron chi connectivity index (χ3n) is 5.40. The Hall–Kier alpha value is -2.50. The molecule has 1 N–H and O–H groups in total. The van der Waals surface area contributed by atoms with Crippen LogP contribution in [0.4, 0.5) is 14.6 Å². The molecule has 1 fully saturated rings. The van der Waals surface area contributed by atoms with Gasteiger partial charge in [0.05, 0.1) is 6.20 Å². The molecular weight excluding hydrogens is 326 g/mol. The van der Waals surface area contributed by atoms with E-state index < -0.39 is 11.6 Å². The van der Waals surface area contributed by atoms with Gasteiger partial charge in [-0.25, -0.2) is 13.8 Å². The Labute approximate surface area is 145 Å². The molecule has 0 aliphatic heterocycles. The number of carbonyl (C=O) groups excluding carboxylic acids is 1. The third-order valence-corrected chi connectivity index (χ3v) is 5.40. The lowest BCUT2D eigenvalue weighted by molar-refractivity contribution is -0.118. The molecule has 0 atom stereocenters. The number of rotatable bonds is 4. The minimum absolute atomic E-state index is 0.0488. The van der Waals surface area contributed by atoms with Crippen LogP contribution in [-0.4, -0.2) is 10.9 Å². The second-order valence-corrected chi connectivity index (χ2v) is 7.42. The predicted octanol–water partition coefficient (Wildman–Crippen LogP) is 4.77. The van der Waals surface area contributed by atoms with Gasteiger partial charge in [0.15, 0.2) is 11.6 Å². The summed E-state index contributed by atoms with van der Waals surface area (Å²) in [7, 11) is 0. The molecule has 1 aromatic heterocycles. The third kappa shape index (κ3) is 3.08. The minimum Gasteiger partial charge on any atom is -0.456 e. The summed E-state index contributed by atoms with van der Waals surface area (Å²) in [5.74, 6) is -1.11. The number of halogens is 2. The Morgan fingerprint density at radius 2 is 1.68 bits per heavy atom. The van der Waals surface area contributed by atoms with Crippen molar-refractivity contribution < 1.29 is 18.3 Å². The summed E-state index contributed by atoms with van der Waals surface area (Å²) in [6, 6.07) is 6.49. The molecule has 1 aliphatic carbocycles. The van der Waals surface area contributed by atoms with Crippen molar-refractivity contribution in [3.63, 3.8) is 0 Å². The summed E-state index contributed by atoms with van der Waals surface area (Å²) in [4.78, 5) is 16.5. The summed E-state index contributed by atoms with van der Waals surface area (Å²) < 4.78 is 31.5. The van der Waals surface area contributed by atoms with Crippen LogP contribution in [0.5, 0.6) is 11.5 Å². The molecule has 0 radical (unpaired) electrons. The molecule has 25 heavy (non-hydrogen) atoms. The van der Waals surface area contributed by atoms with Crippen molar-refractivity contribution in [1.82, 2.24) is 4.98 Å². The molecule has 0 saturated heterocycles. The van der Waals surface area contributed by atoms with Crippen LogP contribution in [-0.2, 0) is 4.79 Å². The zero-order chi connectivity index (χ0) is 18.4. The van der Waals surface area contributed by atoms with Crippen molar-refractivity contribution in [1.29, 1.82) is 0 Å². The molecule has 1 aromatic carbocycles. The lowest BCUT2D eigenvalue weighted by Crippen LogP contribution is -2.18. The summed E-state index contributed by atoms with van der Waals surface area (Å²) >= 11 is 0. The fraction of sp³-hybridized carbons (Fsp3) is 0.368. The SMILES string of the molecule is CC1(C)C(C(=O)Nc2ccc(Oc3ccc(F)c(F)c3)cn2)C1(C)C. The van der Waals surface area contributed by atoms with Gasteiger partial charge in [-0.15, -0.1) is 0 Å². The van der Waals surface area contributed by atoms with Crippen molar-refractivity contribution in [3.8, 4) is 11.5 Å². The van der Waals surface area contributed by atoms with Crippen LogP contribution >= 0.6 is 0 Å². The first-order valence-electron chi connectivity index (χ1n) is 8.03. The van der Waals surface area contributed by atoms with Gasteiger partial charge in [-0.1, -0.05) is 27.7 Å². The van der Waals surface area contributed by atoms with Crippen molar-refractivity contribution in [2.24, 2.45) is 16.7 Å². The highest BCUT2D eigenvalue weighted by atomic mass is 19.2. The van der Waals surface area contributed by atoms with Gasteiger partial charge >= 0.3 is 0 Å². The van der Waals surface area contributed by atoms with Crippen LogP contribution in [0.2, 0.25) is 0 Å². The van der Waals surface area contributed by atoms with E-state index in [0.717, 1.165) is 12.1 Å². The number of aromatic nitrogens is 1. The molecule has 1 saturated carbocycles. The summed E-state index contributed by atoms with van der Waals surface area (Å²) in [6.07, 6.45) is 1.42. The number of amides is 1. The van der Waals surface area contributed by atoms with Gasteiger partial charge in [-0.2, -0.15) is 0 Å². The predicted molar refractivity (Wildman–Crippen MR) is 90.4 cm³/mol. The van der Waals surface area contributed by atoms with Crippen LogP contribution in [0, 0.1) is 28.4 Å². The summed E-state index contributed by atoms with van der Waals surface area (Å²) in [5, 5.41) is 2.81. The molecule has 0 unspecified atom stereocenters. The molecule has 132 valence electrons. The van der Waals surface area contributed by atoms with E-state index in [9.17, 15) is 13.6 Å². The Morgan fingerprint density at radius 3 is 2.20 bits per heavy atom. The van der Waals surface area contributed by atoms with E-state index in [1.807, 2.05) is 0 Å². The largest absolute Gasteiger partial charge is 0.456 e. The quantitative estimate of drug-likeness (QED) is 0.867. The van der Waals surface area contributed by atoms with Crippen LogP contribution in [0.1, 0.15) is 27.7 Å². The van der Waals surface area contributed by atoms with Crippen LogP contribution < -0.4 is 10.1 Å². The highest BCUT2D eigenvalue weighted by Gasteiger charge is 2.68. The van der Waals surface area contributed by atoms with E-state index in [-0.39, 0.29) is 28.4 Å². The number of nitrogens with one attached hydrogen (secondary N) is 1. The van der Waals surface area contributed by atoms with Gasteiger partial charge in [0.2, 0.25) is 5.91 Å². The molecule has 1 aliphatic rings. The minimum atomic E-state index is -0.982. The molecule has 1 heterocycles. The average Bonchev–Trinajstić information content (AvgIpc) is 2.94. The Bertz CT molecular complexity index is 803. The van der Waals surface area contributed by atoms with Gasteiger partial charge < -0.3 is 10.1 Å². The molecular formula is C19H20F2N2O2. The fourth-order valence-electron chi connectivity index (χ4n) is 3.24. The number of carbonyl (C=O) groups is 1. The molecule has 1 amide bonds. The molecule has 4 nitrogen and oxygen atoms in total. The first-order chi connectivity index (χ1) is 11.6. The average molecular weight is 346 g/mol. The molecule has 3 rings (SSSR count). The number of nitrogens with zero attached hydrogens (tertiary/aromatic N) is 1. The van der Waals surface area contributed by atoms with E-state index in [2.05, 4.69) is 38.0 Å². The number of hydrogen-bond acceptors (Lipinski definition) is 3. The second kappa shape index (κ2) is 5.79. The van der Waals surface area contributed by atoms with Gasteiger partial charge in [-0.3, -0.25) is 4.79 Å². The Balaban J connectivity index is 1.65. The molecule has 2 aromatic rings. The van der Waals surface area contributed by atoms with Crippen LogP contribution in [0.25, 0.3) is 0 Å². The maximum Gasteiger partial charge on any atom is 0.229 e. The molecule has 6 heteroatoms. The van der Waals surface area contributed by atoms with Crippen LogP contribution in [0.15, 0.2) is 36.5 Å². The second-order valence-electron chi connectivity index (χ2n) is 7.42. The van der Waals surface area contributed by atoms with Gasteiger partial charge in [0.25, 0.3) is 0 Å². The first kappa shape index (κ1) is 17.3. The molecule has 0 spiro atoms. The zero-order valence-electron chi connectivity index (χ0n) is 14.6. The standard InChI is InChI=1S/C19H20F2N2O2/c1-18(2)16(19(18,3)4)17(24)23-15-8-6-12(10-22-15)25-11-5-7-13(20)14(21)9-11/h5-10,16H,1-4H3,(H,22,23,24). The Morgan fingerprint density at radius 1 is 1.04 bits per heavy atom. The fourth-order valence-corrected chi connectivity index (χ4v) is 3.24. The number of benzene rings is 1. The van der Waals surface area contributed by atoms with Gasteiger partial charge in [0.1, 0.15) is 17.3 Å². The monoisotopic (exact) mass is 346 g/mol. The van der Waals surface area contributed by atoms with Crippen molar-refractivity contribution in [2.45, 2.75) is 27.7 Å². The van der Waals surface area contributed by atoms with Gasteiger partial charge in [-0.05, 0) is 35.1 Å². The van der Waals surface area contributed by atoms with E-state index in [4.69, 9.17) is 4.74 Å². The molecule has 0 bridgehead atoms. The number of pyridine rings is 1. The van der Waals surface area contributed by atoms with Crippen molar-refractivity contribution in [3.05, 3.63) is 48.2 Å². The van der Waals surface area contributed by atoms with Crippen molar-refractivity contribution in [2.75, 3.05) is 5.32 Å². The van der Waals surface area contributed by atoms with E-state index in [1.54, 1.807) is 12.1 Å². The number of anilines is 1. The van der Waals surface area contributed by atoms with Crippen LogP contribution in [0.3, 0.4) is 0 Å². The first-order valence-corrected chi connectivity index (χ1v) is 8.03. The van der Waals surface area contributed by atoms with E-state index >= 15 is 0 Å².